The van der Waals surface area contributed by atoms with E-state index in [0.717, 1.165) is 5.56 Å². The van der Waals surface area contributed by atoms with Crippen molar-refractivity contribution in [2.24, 2.45) is 0 Å². The molecule has 0 aliphatic rings. The van der Waals surface area contributed by atoms with E-state index >= 15 is 0 Å². The van der Waals surface area contributed by atoms with Crippen molar-refractivity contribution >= 4 is 17.6 Å². The normalized spacial score (nSPS) is 12.8. The van der Waals surface area contributed by atoms with Gasteiger partial charge in [-0.1, -0.05) is 19.1 Å². The maximum absolute atomic E-state index is 11.9. The van der Waals surface area contributed by atoms with Gasteiger partial charge in [0, 0.05) is 12.8 Å². The van der Waals surface area contributed by atoms with E-state index in [0.29, 0.717) is 5.69 Å². The molecule has 116 valence electrons. The van der Waals surface area contributed by atoms with Crippen molar-refractivity contribution in [3.05, 3.63) is 29.8 Å². The van der Waals surface area contributed by atoms with E-state index in [1.807, 2.05) is 32.9 Å². The SMILES string of the molecule is COC(C)(C)CC(=O)Nc1ccc(C(C)CC(=O)O)cc1. The highest BCUT2D eigenvalue weighted by Gasteiger charge is 2.21. The molecule has 0 fully saturated rings. The molecule has 0 aromatic heterocycles. The van der Waals surface area contributed by atoms with Gasteiger partial charge in [-0.3, -0.25) is 9.59 Å². The van der Waals surface area contributed by atoms with Gasteiger partial charge in [-0.25, -0.2) is 0 Å². The summed E-state index contributed by atoms with van der Waals surface area (Å²) in [7, 11) is 1.58. The van der Waals surface area contributed by atoms with Gasteiger partial charge in [-0.15, -0.1) is 0 Å². The average Bonchev–Trinajstić information content (AvgIpc) is 2.38. The lowest BCUT2D eigenvalue weighted by atomic mass is 9.97. The summed E-state index contributed by atoms with van der Waals surface area (Å²) in [6, 6.07) is 7.24. The highest BCUT2D eigenvalue weighted by atomic mass is 16.5. The lowest BCUT2D eigenvalue weighted by Gasteiger charge is -2.22. The van der Waals surface area contributed by atoms with Crippen LogP contribution in [0.25, 0.3) is 0 Å². The highest BCUT2D eigenvalue weighted by molar-refractivity contribution is 5.91. The molecule has 2 N–H and O–H groups in total. The number of anilines is 1. The van der Waals surface area contributed by atoms with Crippen LogP contribution in [0.2, 0.25) is 0 Å². The molecule has 0 aliphatic carbocycles. The van der Waals surface area contributed by atoms with Crippen LogP contribution >= 0.6 is 0 Å². The Morgan fingerprint density at radius 2 is 1.86 bits per heavy atom. The molecule has 0 aliphatic heterocycles. The van der Waals surface area contributed by atoms with Crippen molar-refractivity contribution < 1.29 is 19.4 Å². The number of carbonyl (C=O) groups excluding carboxylic acids is 1. The maximum Gasteiger partial charge on any atom is 0.303 e. The lowest BCUT2D eigenvalue weighted by Crippen LogP contribution is -2.29. The molecular formula is C16H23NO4. The Kier molecular flexibility index (Phi) is 5.90. The standard InChI is InChI=1S/C16H23NO4/c1-11(9-15(19)20)12-5-7-13(8-6-12)17-14(18)10-16(2,3)21-4/h5-8,11H,9-10H2,1-4H3,(H,17,18)(H,19,20). The van der Waals surface area contributed by atoms with Crippen LogP contribution in [0.3, 0.4) is 0 Å². The Bertz CT molecular complexity index is 494. The van der Waals surface area contributed by atoms with Gasteiger partial charge in [0.25, 0.3) is 0 Å². The first-order valence-corrected chi connectivity index (χ1v) is 6.90. The first-order chi connectivity index (χ1) is 9.73. The van der Waals surface area contributed by atoms with Crippen LogP contribution in [0.4, 0.5) is 5.69 Å². The summed E-state index contributed by atoms with van der Waals surface area (Å²) in [6.07, 6.45) is 0.356. The number of rotatable bonds is 7. The first-order valence-electron chi connectivity index (χ1n) is 6.90. The summed E-state index contributed by atoms with van der Waals surface area (Å²) in [4.78, 5) is 22.6. The van der Waals surface area contributed by atoms with Crippen LogP contribution in [-0.2, 0) is 14.3 Å². The molecule has 1 aromatic rings. The van der Waals surface area contributed by atoms with E-state index in [-0.39, 0.29) is 24.7 Å². The minimum atomic E-state index is -0.818. The lowest BCUT2D eigenvalue weighted by molar-refractivity contribution is -0.137. The van der Waals surface area contributed by atoms with Crippen LogP contribution in [-0.4, -0.2) is 29.7 Å². The minimum absolute atomic E-state index is 0.0559. The number of carboxylic acids is 1. The van der Waals surface area contributed by atoms with Crippen LogP contribution in [0.1, 0.15) is 45.1 Å². The van der Waals surface area contributed by atoms with Crippen molar-refractivity contribution in [1.82, 2.24) is 0 Å². The van der Waals surface area contributed by atoms with Crippen molar-refractivity contribution in [2.75, 3.05) is 12.4 Å². The fraction of sp³-hybridized carbons (Fsp3) is 0.500. The van der Waals surface area contributed by atoms with Gasteiger partial charge in [0.1, 0.15) is 0 Å². The molecule has 1 atom stereocenters. The zero-order valence-corrected chi connectivity index (χ0v) is 13.0. The highest BCUT2D eigenvalue weighted by Crippen LogP contribution is 2.21. The van der Waals surface area contributed by atoms with E-state index in [1.54, 1.807) is 19.2 Å². The quantitative estimate of drug-likeness (QED) is 0.810. The Morgan fingerprint density at radius 1 is 1.29 bits per heavy atom. The Labute approximate surface area is 125 Å². The topological polar surface area (TPSA) is 75.6 Å². The van der Waals surface area contributed by atoms with Gasteiger partial charge in [-0.2, -0.15) is 0 Å². The third-order valence-electron chi connectivity index (χ3n) is 3.38. The second kappa shape index (κ2) is 7.22. The van der Waals surface area contributed by atoms with E-state index in [9.17, 15) is 9.59 Å². The largest absolute Gasteiger partial charge is 0.481 e. The molecule has 1 rings (SSSR count). The second-order valence-corrected chi connectivity index (χ2v) is 5.81. The molecule has 0 saturated carbocycles. The van der Waals surface area contributed by atoms with Crippen LogP contribution in [0, 0.1) is 0 Å². The predicted octanol–water partition coefficient (Wildman–Crippen LogP) is 3.02. The Balaban J connectivity index is 2.62. The van der Waals surface area contributed by atoms with E-state index in [2.05, 4.69) is 5.32 Å². The van der Waals surface area contributed by atoms with E-state index in [4.69, 9.17) is 9.84 Å². The number of nitrogens with one attached hydrogen (secondary N) is 1. The molecule has 5 nitrogen and oxygen atoms in total. The number of benzene rings is 1. The summed E-state index contributed by atoms with van der Waals surface area (Å²) in [5.41, 5.74) is 1.13. The molecule has 0 bridgehead atoms. The number of hydrogen-bond donors (Lipinski definition) is 2. The van der Waals surface area contributed by atoms with Crippen LogP contribution in [0.15, 0.2) is 24.3 Å². The summed E-state index contributed by atoms with van der Waals surface area (Å²) >= 11 is 0. The van der Waals surface area contributed by atoms with E-state index < -0.39 is 11.6 Å². The zero-order chi connectivity index (χ0) is 16.0. The molecule has 0 spiro atoms. The fourth-order valence-electron chi connectivity index (χ4n) is 1.94. The van der Waals surface area contributed by atoms with Gasteiger partial charge >= 0.3 is 5.97 Å². The summed E-state index contributed by atoms with van der Waals surface area (Å²) in [6.45, 7) is 5.56. The number of carbonyl (C=O) groups is 2. The second-order valence-electron chi connectivity index (χ2n) is 5.81. The number of carboxylic acid groups (broad SMARTS) is 1. The van der Waals surface area contributed by atoms with Crippen molar-refractivity contribution in [2.45, 2.75) is 45.1 Å². The van der Waals surface area contributed by atoms with E-state index in [1.165, 1.54) is 0 Å². The van der Waals surface area contributed by atoms with Crippen molar-refractivity contribution in [3.63, 3.8) is 0 Å². The smallest absolute Gasteiger partial charge is 0.303 e. The summed E-state index contributed by atoms with van der Waals surface area (Å²) in [5.74, 6) is -0.991. The zero-order valence-electron chi connectivity index (χ0n) is 13.0. The number of amides is 1. The van der Waals surface area contributed by atoms with Gasteiger partial charge in [-0.05, 0) is 37.5 Å². The average molecular weight is 293 g/mol. The van der Waals surface area contributed by atoms with Gasteiger partial charge in [0.2, 0.25) is 5.91 Å². The number of hydrogen-bond acceptors (Lipinski definition) is 3. The van der Waals surface area contributed by atoms with Crippen molar-refractivity contribution in [1.29, 1.82) is 0 Å². The maximum atomic E-state index is 11.9. The summed E-state index contributed by atoms with van der Waals surface area (Å²) < 4.78 is 5.22. The Morgan fingerprint density at radius 3 is 2.33 bits per heavy atom. The fourth-order valence-corrected chi connectivity index (χ4v) is 1.94. The molecule has 1 amide bonds. The van der Waals surface area contributed by atoms with Gasteiger partial charge in [0.15, 0.2) is 0 Å². The third kappa shape index (κ3) is 5.95. The molecule has 1 unspecified atom stereocenters. The van der Waals surface area contributed by atoms with Crippen LogP contribution < -0.4 is 5.32 Å². The number of aliphatic carboxylic acids is 1. The molecule has 21 heavy (non-hydrogen) atoms. The number of ether oxygens (including phenoxy) is 1. The van der Waals surface area contributed by atoms with Gasteiger partial charge < -0.3 is 15.2 Å². The Hall–Kier alpha value is -1.88. The monoisotopic (exact) mass is 293 g/mol. The van der Waals surface area contributed by atoms with Crippen molar-refractivity contribution in [3.8, 4) is 0 Å². The molecule has 0 radical (unpaired) electrons. The molecular weight excluding hydrogens is 270 g/mol. The van der Waals surface area contributed by atoms with Gasteiger partial charge in [0.05, 0.1) is 18.4 Å². The third-order valence-corrected chi connectivity index (χ3v) is 3.38. The predicted molar refractivity (Wildman–Crippen MR) is 81.4 cm³/mol. The molecule has 0 saturated heterocycles. The summed E-state index contributed by atoms with van der Waals surface area (Å²) in [5, 5.41) is 11.6. The molecule has 5 heteroatoms. The first kappa shape index (κ1) is 17.2. The minimum Gasteiger partial charge on any atom is -0.481 e. The molecule has 1 aromatic carbocycles. The number of methoxy groups -OCH3 is 1. The van der Waals surface area contributed by atoms with Crippen LogP contribution in [0.5, 0.6) is 0 Å². The molecule has 0 heterocycles.